The first-order valence-electron chi connectivity index (χ1n) is 13.3. The Morgan fingerprint density at radius 3 is 1.93 bits per heavy atom. The molecule has 0 radical (unpaired) electrons. The summed E-state index contributed by atoms with van der Waals surface area (Å²) in [5.74, 6) is 2.06. The van der Waals surface area contributed by atoms with Crippen LogP contribution in [0.1, 0.15) is 26.2 Å². The Labute approximate surface area is 257 Å². The summed E-state index contributed by atoms with van der Waals surface area (Å²) < 4.78 is 26.9. The normalized spacial score (nSPS) is 12.7. The smallest absolute Gasteiger partial charge is 0.344 e. The van der Waals surface area contributed by atoms with Crippen LogP contribution in [0.3, 0.4) is 0 Å². The van der Waals surface area contributed by atoms with Gasteiger partial charge in [0, 0.05) is 31.2 Å². The zero-order valence-corrected chi connectivity index (χ0v) is 26.2. The van der Waals surface area contributed by atoms with Gasteiger partial charge in [-0.15, -0.1) is 24.8 Å². The third kappa shape index (κ3) is 18.4. The average molecular weight is 624 g/mol. The van der Waals surface area contributed by atoms with Gasteiger partial charge in [-0.2, -0.15) is 0 Å². The molecule has 1 aliphatic heterocycles. The minimum Gasteiger partial charge on any atom is -0.494 e. The van der Waals surface area contributed by atoms with Crippen LogP contribution in [0.2, 0.25) is 5.02 Å². The number of nitrogens with zero attached hydrogens (tertiary/aromatic N) is 2. The minimum atomic E-state index is -0.373. The molecule has 0 unspecified atom stereocenters. The lowest BCUT2D eigenvalue weighted by molar-refractivity contribution is -0.146. The van der Waals surface area contributed by atoms with Gasteiger partial charge in [0.1, 0.15) is 23.9 Å². The van der Waals surface area contributed by atoms with Crippen molar-refractivity contribution in [2.24, 2.45) is 0 Å². The summed E-state index contributed by atoms with van der Waals surface area (Å²) >= 11 is 5.72. The molecule has 11 heteroatoms. The lowest BCUT2D eigenvalue weighted by Gasteiger charge is -2.26. The quantitative estimate of drug-likeness (QED) is 0.187. The van der Waals surface area contributed by atoms with E-state index in [0.717, 1.165) is 76.8 Å². The predicted octanol–water partition coefficient (Wildman–Crippen LogP) is 5.63. The summed E-state index contributed by atoms with van der Waals surface area (Å²) in [7, 11) is 3.83. The van der Waals surface area contributed by atoms with E-state index in [1.807, 2.05) is 43.3 Å². The fourth-order valence-corrected chi connectivity index (χ4v) is 3.45. The first-order chi connectivity index (χ1) is 18.5. The van der Waals surface area contributed by atoms with Crippen LogP contribution in [0, 0.1) is 0 Å². The molecule has 40 heavy (non-hydrogen) atoms. The predicted molar refractivity (Wildman–Crippen MR) is 165 cm³/mol. The number of esters is 1. The average Bonchev–Trinajstić information content (AvgIpc) is 2.92. The van der Waals surface area contributed by atoms with Crippen LogP contribution in [0.4, 0.5) is 0 Å². The van der Waals surface area contributed by atoms with Crippen LogP contribution < -0.4 is 14.2 Å². The number of halogens is 3. The van der Waals surface area contributed by atoms with E-state index in [2.05, 4.69) is 11.8 Å². The van der Waals surface area contributed by atoms with Crippen molar-refractivity contribution in [2.45, 2.75) is 26.2 Å². The standard InChI is InChI=1S/C17H27NO3.C12H16ClNO3.2ClH/c1-2-3-12-20-16-5-7-17(8-6-16)21-13-4-9-18-10-14-19-15-11-18;1-14(2)7-8-16-12(15)9-17-11-5-3-10(13)4-6-11;;/h5-8H,2-4,9-15H2,1H3;3-6H,7-9H2,1-2H3;2*1H. The molecule has 1 aliphatic rings. The van der Waals surface area contributed by atoms with Gasteiger partial charge in [-0.3, -0.25) is 4.90 Å². The number of unbranched alkanes of at least 4 members (excludes halogenated alkanes) is 1. The van der Waals surface area contributed by atoms with E-state index in [4.69, 9.17) is 35.3 Å². The van der Waals surface area contributed by atoms with Crippen molar-refractivity contribution in [3.63, 3.8) is 0 Å². The molecule has 0 aliphatic carbocycles. The number of morpholine rings is 1. The van der Waals surface area contributed by atoms with Crippen LogP contribution in [-0.4, -0.2) is 95.7 Å². The van der Waals surface area contributed by atoms with Crippen LogP contribution >= 0.6 is 36.4 Å². The summed E-state index contributed by atoms with van der Waals surface area (Å²) in [6.07, 6.45) is 3.30. The van der Waals surface area contributed by atoms with Crippen LogP contribution in [0.5, 0.6) is 17.2 Å². The maximum Gasteiger partial charge on any atom is 0.344 e. The Bertz CT molecular complexity index is 882. The molecule has 1 saturated heterocycles. The topological polar surface area (TPSA) is 69.7 Å². The van der Waals surface area contributed by atoms with E-state index in [9.17, 15) is 4.79 Å². The Balaban J connectivity index is 0.000000740. The summed E-state index contributed by atoms with van der Waals surface area (Å²) in [5.41, 5.74) is 0. The highest BCUT2D eigenvalue weighted by Crippen LogP contribution is 2.18. The zero-order chi connectivity index (χ0) is 27.4. The van der Waals surface area contributed by atoms with E-state index in [-0.39, 0.29) is 37.4 Å². The van der Waals surface area contributed by atoms with Gasteiger partial charge < -0.3 is 28.6 Å². The van der Waals surface area contributed by atoms with Crippen LogP contribution in [-0.2, 0) is 14.3 Å². The second kappa shape index (κ2) is 23.7. The fourth-order valence-electron chi connectivity index (χ4n) is 3.33. The Morgan fingerprint density at radius 2 is 1.38 bits per heavy atom. The van der Waals surface area contributed by atoms with Gasteiger partial charge in [-0.1, -0.05) is 24.9 Å². The Morgan fingerprint density at radius 1 is 0.850 bits per heavy atom. The lowest BCUT2D eigenvalue weighted by atomic mass is 10.3. The molecule has 0 bridgehead atoms. The maximum atomic E-state index is 11.3. The highest BCUT2D eigenvalue weighted by Gasteiger charge is 2.09. The molecular weight excluding hydrogens is 579 g/mol. The minimum absolute atomic E-state index is 0. The largest absolute Gasteiger partial charge is 0.494 e. The van der Waals surface area contributed by atoms with Gasteiger partial charge in [-0.25, -0.2) is 4.79 Å². The summed E-state index contributed by atoms with van der Waals surface area (Å²) in [5, 5.41) is 0.630. The highest BCUT2D eigenvalue weighted by atomic mass is 35.5. The van der Waals surface area contributed by atoms with Crippen LogP contribution in [0.25, 0.3) is 0 Å². The molecule has 3 rings (SSSR count). The molecule has 2 aromatic carbocycles. The number of likely N-dealkylation sites (N-methyl/N-ethyl adjacent to an activating group) is 1. The maximum absolute atomic E-state index is 11.3. The van der Waals surface area contributed by atoms with Crippen molar-refractivity contribution >= 4 is 42.4 Å². The van der Waals surface area contributed by atoms with E-state index in [1.54, 1.807) is 24.3 Å². The SMILES string of the molecule is CCCCOc1ccc(OCCCN2CCOCC2)cc1.CN(C)CCOC(=O)COc1ccc(Cl)cc1.Cl.Cl. The molecule has 0 saturated carbocycles. The number of rotatable bonds is 15. The number of benzene rings is 2. The second-order valence-corrected chi connectivity index (χ2v) is 9.53. The molecule has 0 spiro atoms. The first-order valence-corrected chi connectivity index (χ1v) is 13.7. The Hall–Kier alpha value is -1.94. The van der Waals surface area contributed by atoms with Gasteiger partial charge in [-0.05, 0) is 75.5 Å². The van der Waals surface area contributed by atoms with E-state index in [0.29, 0.717) is 23.9 Å². The summed E-state index contributed by atoms with van der Waals surface area (Å²) in [6, 6.07) is 14.7. The third-order valence-corrected chi connectivity index (χ3v) is 5.81. The number of hydrogen-bond donors (Lipinski definition) is 0. The van der Waals surface area contributed by atoms with Gasteiger partial charge in [0.05, 0.1) is 26.4 Å². The number of carbonyl (C=O) groups is 1. The monoisotopic (exact) mass is 622 g/mol. The number of hydrogen-bond acceptors (Lipinski definition) is 8. The molecule has 2 aromatic rings. The van der Waals surface area contributed by atoms with Crippen molar-refractivity contribution in [3.05, 3.63) is 53.6 Å². The van der Waals surface area contributed by atoms with Gasteiger partial charge in [0.2, 0.25) is 0 Å². The number of carbonyl (C=O) groups excluding carboxylic acids is 1. The molecule has 0 amide bonds. The van der Waals surface area contributed by atoms with Crippen LogP contribution in [0.15, 0.2) is 48.5 Å². The molecule has 0 N–H and O–H groups in total. The van der Waals surface area contributed by atoms with Crippen molar-refractivity contribution in [1.29, 1.82) is 0 Å². The van der Waals surface area contributed by atoms with E-state index in [1.165, 1.54) is 0 Å². The van der Waals surface area contributed by atoms with Gasteiger partial charge >= 0.3 is 5.97 Å². The third-order valence-electron chi connectivity index (χ3n) is 5.55. The molecule has 228 valence electrons. The molecule has 0 atom stereocenters. The first kappa shape index (κ1) is 38.1. The second-order valence-electron chi connectivity index (χ2n) is 9.10. The van der Waals surface area contributed by atoms with Crippen molar-refractivity contribution in [2.75, 3.05) is 79.9 Å². The molecule has 0 aromatic heterocycles. The van der Waals surface area contributed by atoms with Crippen molar-refractivity contribution in [3.8, 4) is 17.2 Å². The summed E-state index contributed by atoms with van der Waals surface area (Å²) in [6.45, 7) is 9.59. The van der Waals surface area contributed by atoms with Crippen molar-refractivity contribution in [1.82, 2.24) is 9.80 Å². The molecule has 1 heterocycles. The molecule has 8 nitrogen and oxygen atoms in total. The van der Waals surface area contributed by atoms with E-state index >= 15 is 0 Å². The number of ether oxygens (including phenoxy) is 5. The zero-order valence-electron chi connectivity index (χ0n) is 23.8. The molecule has 1 fully saturated rings. The highest BCUT2D eigenvalue weighted by molar-refractivity contribution is 6.30. The summed E-state index contributed by atoms with van der Waals surface area (Å²) in [4.78, 5) is 15.6. The van der Waals surface area contributed by atoms with E-state index < -0.39 is 0 Å². The molecular formula is C29H45Cl3N2O6. The van der Waals surface area contributed by atoms with Gasteiger partial charge in [0.25, 0.3) is 0 Å². The lowest BCUT2D eigenvalue weighted by Crippen LogP contribution is -2.37. The van der Waals surface area contributed by atoms with Crippen molar-refractivity contribution < 1.29 is 28.5 Å². The van der Waals surface area contributed by atoms with Gasteiger partial charge in [0.15, 0.2) is 6.61 Å². The Kier molecular flexibility index (Phi) is 22.6. The fraction of sp³-hybridized carbons (Fsp3) is 0.552.